The molecule has 2 N–H and O–H groups in total. The number of nitrogens with zero attached hydrogens (tertiary/aromatic N) is 1. The van der Waals surface area contributed by atoms with Crippen LogP contribution in [0.4, 0.5) is 0 Å². The van der Waals surface area contributed by atoms with Gasteiger partial charge in [-0.05, 0) is 38.3 Å². The van der Waals surface area contributed by atoms with Crippen molar-refractivity contribution in [3.05, 3.63) is 29.3 Å². The first kappa shape index (κ1) is 14.9. The number of aromatic hydroxyl groups is 1. The largest absolute Gasteiger partial charge is 0.508 e. The molecule has 1 aliphatic rings. The summed E-state index contributed by atoms with van der Waals surface area (Å²) < 4.78 is 0. The van der Waals surface area contributed by atoms with Gasteiger partial charge in [-0.3, -0.25) is 4.79 Å². The Hall–Kier alpha value is -1.55. The number of hydrogen-bond acceptors (Lipinski definition) is 3. The highest BCUT2D eigenvalue weighted by molar-refractivity contribution is 5.76. The van der Waals surface area contributed by atoms with E-state index in [0.29, 0.717) is 18.7 Å². The van der Waals surface area contributed by atoms with Crippen molar-refractivity contribution in [1.29, 1.82) is 0 Å². The molecule has 1 fully saturated rings. The third-order valence-electron chi connectivity index (χ3n) is 3.90. The Morgan fingerprint density at radius 1 is 1.40 bits per heavy atom. The Labute approximate surface area is 120 Å². The van der Waals surface area contributed by atoms with Crippen LogP contribution in [0.15, 0.2) is 18.2 Å². The first-order chi connectivity index (χ1) is 9.58. The van der Waals surface area contributed by atoms with Crippen LogP contribution in [0.1, 0.15) is 43.4 Å². The molecule has 0 spiro atoms. The van der Waals surface area contributed by atoms with Gasteiger partial charge in [-0.25, -0.2) is 0 Å². The fourth-order valence-corrected chi connectivity index (χ4v) is 2.65. The van der Waals surface area contributed by atoms with Crippen molar-refractivity contribution in [1.82, 2.24) is 10.2 Å². The summed E-state index contributed by atoms with van der Waals surface area (Å²) >= 11 is 0. The highest BCUT2D eigenvalue weighted by Crippen LogP contribution is 2.24. The van der Waals surface area contributed by atoms with Gasteiger partial charge in [0.15, 0.2) is 0 Å². The van der Waals surface area contributed by atoms with Crippen LogP contribution in [-0.4, -0.2) is 35.5 Å². The maximum atomic E-state index is 11.9. The lowest BCUT2D eigenvalue weighted by Gasteiger charge is -2.18. The maximum Gasteiger partial charge on any atom is 0.223 e. The summed E-state index contributed by atoms with van der Waals surface area (Å²) in [6.45, 7) is 6.42. The van der Waals surface area contributed by atoms with Gasteiger partial charge in [-0.1, -0.05) is 12.1 Å². The number of likely N-dealkylation sites (tertiary alicyclic amines) is 1. The normalized spacial score (nSPS) is 16.4. The predicted octanol–water partition coefficient (Wildman–Crippen LogP) is 2.36. The lowest BCUT2D eigenvalue weighted by atomic mass is 10.0. The van der Waals surface area contributed by atoms with Gasteiger partial charge in [0.05, 0.1) is 0 Å². The zero-order valence-corrected chi connectivity index (χ0v) is 12.4. The van der Waals surface area contributed by atoms with Crippen LogP contribution in [0, 0.1) is 6.92 Å². The van der Waals surface area contributed by atoms with Crippen LogP contribution in [0.2, 0.25) is 0 Å². The molecule has 4 heteroatoms. The molecule has 0 saturated carbocycles. The van der Waals surface area contributed by atoms with Gasteiger partial charge in [0.1, 0.15) is 5.75 Å². The summed E-state index contributed by atoms with van der Waals surface area (Å²) in [6.07, 6.45) is 2.79. The average molecular weight is 276 g/mol. The summed E-state index contributed by atoms with van der Waals surface area (Å²) in [5.41, 5.74) is 1.92. The second kappa shape index (κ2) is 6.75. The number of hydrogen-bond donors (Lipinski definition) is 2. The van der Waals surface area contributed by atoms with Crippen molar-refractivity contribution >= 4 is 5.91 Å². The van der Waals surface area contributed by atoms with E-state index in [-0.39, 0.29) is 11.9 Å². The number of benzene rings is 1. The molecule has 1 heterocycles. The van der Waals surface area contributed by atoms with E-state index in [1.165, 1.54) is 0 Å². The lowest BCUT2D eigenvalue weighted by Crippen LogP contribution is -2.31. The van der Waals surface area contributed by atoms with E-state index in [1.807, 2.05) is 30.9 Å². The lowest BCUT2D eigenvalue weighted by molar-refractivity contribution is -0.130. The smallest absolute Gasteiger partial charge is 0.223 e. The van der Waals surface area contributed by atoms with Crippen LogP contribution < -0.4 is 5.32 Å². The molecule has 20 heavy (non-hydrogen) atoms. The van der Waals surface area contributed by atoms with E-state index in [1.54, 1.807) is 6.07 Å². The summed E-state index contributed by atoms with van der Waals surface area (Å²) in [5, 5.41) is 13.2. The molecular weight excluding hydrogens is 252 g/mol. The molecule has 1 aliphatic heterocycles. The highest BCUT2D eigenvalue weighted by atomic mass is 16.3. The Morgan fingerprint density at radius 3 is 2.75 bits per heavy atom. The van der Waals surface area contributed by atoms with Gasteiger partial charge in [-0.2, -0.15) is 0 Å². The average Bonchev–Trinajstić information content (AvgIpc) is 2.92. The van der Waals surface area contributed by atoms with Crippen molar-refractivity contribution < 1.29 is 9.90 Å². The molecule has 1 aromatic rings. The van der Waals surface area contributed by atoms with Crippen molar-refractivity contribution in [2.75, 3.05) is 19.6 Å². The molecule has 1 amide bonds. The van der Waals surface area contributed by atoms with E-state index in [0.717, 1.165) is 37.1 Å². The molecule has 1 saturated heterocycles. The van der Waals surface area contributed by atoms with E-state index in [2.05, 4.69) is 5.32 Å². The number of amides is 1. The molecule has 4 nitrogen and oxygen atoms in total. The van der Waals surface area contributed by atoms with Gasteiger partial charge < -0.3 is 15.3 Å². The van der Waals surface area contributed by atoms with Crippen LogP contribution >= 0.6 is 0 Å². The maximum absolute atomic E-state index is 11.9. The predicted molar refractivity (Wildman–Crippen MR) is 79.7 cm³/mol. The zero-order valence-electron chi connectivity index (χ0n) is 12.4. The summed E-state index contributed by atoms with van der Waals surface area (Å²) in [6, 6.07) is 5.73. The van der Waals surface area contributed by atoms with Crippen LogP contribution in [0.5, 0.6) is 5.75 Å². The number of aryl methyl sites for hydroxylation is 1. The van der Waals surface area contributed by atoms with Crippen LogP contribution in [0.3, 0.4) is 0 Å². The monoisotopic (exact) mass is 276 g/mol. The fraction of sp³-hybridized carbons (Fsp3) is 0.562. The quantitative estimate of drug-likeness (QED) is 0.868. The van der Waals surface area contributed by atoms with Crippen molar-refractivity contribution in [3.8, 4) is 5.75 Å². The second-order valence-corrected chi connectivity index (χ2v) is 5.58. The Kier molecular flexibility index (Phi) is 5.01. The zero-order chi connectivity index (χ0) is 14.5. The van der Waals surface area contributed by atoms with Gasteiger partial charge in [0, 0.05) is 37.7 Å². The van der Waals surface area contributed by atoms with Gasteiger partial charge in [-0.15, -0.1) is 0 Å². The number of carbonyl (C=O) groups is 1. The van der Waals surface area contributed by atoms with Gasteiger partial charge in [0.2, 0.25) is 5.91 Å². The molecule has 0 bridgehead atoms. The minimum Gasteiger partial charge on any atom is -0.508 e. The number of nitrogens with one attached hydrogen (secondary N) is 1. The molecular formula is C16H24N2O2. The first-order valence-electron chi connectivity index (χ1n) is 7.38. The number of carbonyl (C=O) groups excluding carboxylic acids is 1. The second-order valence-electron chi connectivity index (χ2n) is 5.58. The third kappa shape index (κ3) is 3.73. The van der Waals surface area contributed by atoms with Crippen LogP contribution in [-0.2, 0) is 4.79 Å². The van der Waals surface area contributed by atoms with Gasteiger partial charge in [0.25, 0.3) is 0 Å². The van der Waals surface area contributed by atoms with Crippen molar-refractivity contribution in [2.45, 2.75) is 39.2 Å². The summed E-state index contributed by atoms with van der Waals surface area (Å²) in [5.74, 6) is 0.547. The molecule has 1 atom stereocenters. The molecule has 2 rings (SSSR count). The minimum absolute atomic E-state index is 0.0435. The number of phenols is 1. The molecule has 1 unspecified atom stereocenters. The molecule has 0 aromatic heterocycles. The summed E-state index contributed by atoms with van der Waals surface area (Å²) in [7, 11) is 0. The topological polar surface area (TPSA) is 52.6 Å². The van der Waals surface area contributed by atoms with Crippen molar-refractivity contribution in [2.24, 2.45) is 0 Å². The Balaban J connectivity index is 1.79. The SMILES string of the molecule is Cc1ccc(C(C)NCCC(=O)N2CCCC2)c(O)c1. The van der Waals surface area contributed by atoms with E-state index in [4.69, 9.17) is 0 Å². The highest BCUT2D eigenvalue weighted by Gasteiger charge is 2.17. The molecule has 0 radical (unpaired) electrons. The van der Waals surface area contributed by atoms with E-state index >= 15 is 0 Å². The van der Waals surface area contributed by atoms with Crippen LogP contribution in [0.25, 0.3) is 0 Å². The standard InChI is InChI=1S/C16H24N2O2/c1-12-5-6-14(15(19)11-12)13(2)17-8-7-16(20)18-9-3-4-10-18/h5-6,11,13,17,19H,3-4,7-10H2,1-2H3. The Morgan fingerprint density at radius 2 is 2.10 bits per heavy atom. The van der Waals surface area contributed by atoms with Crippen molar-refractivity contribution in [3.63, 3.8) is 0 Å². The fourth-order valence-electron chi connectivity index (χ4n) is 2.65. The number of phenolic OH excluding ortho intramolecular Hbond substituents is 1. The first-order valence-corrected chi connectivity index (χ1v) is 7.38. The van der Waals surface area contributed by atoms with E-state index < -0.39 is 0 Å². The minimum atomic E-state index is 0.0435. The molecule has 1 aromatic carbocycles. The third-order valence-corrected chi connectivity index (χ3v) is 3.90. The molecule has 110 valence electrons. The molecule has 0 aliphatic carbocycles. The van der Waals surface area contributed by atoms with E-state index in [9.17, 15) is 9.90 Å². The van der Waals surface area contributed by atoms with Gasteiger partial charge >= 0.3 is 0 Å². The number of rotatable bonds is 5. The Bertz CT molecular complexity index is 468. The summed E-state index contributed by atoms with van der Waals surface area (Å²) in [4.78, 5) is 13.9.